The molecule has 0 unspecified atom stereocenters. The topological polar surface area (TPSA) is 63.5 Å². The zero-order valence-corrected chi connectivity index (χ0v) is 19.1. The number of para-hydroxylation sites is 2. The molecule has 0 saturated heterocycles. The summed E-state index contributed by atoms with van der Waals surface area (Å²) in [6.45, 7) is 0. The first-order valence-corrected chi connectivity index (χ1v) is 11.7. The smallest absolute Gasteiger partial charge is 0.449 e. The number of hydrogen-bond donors (Lipinski definition) is 2. The lowest BCUT2D eigenvalue weighted by molar-refractivity contribution is 0.142. The standard InChI is InChI=1S/C31H20N2O3/c34-31(35)36-30-29(24-11-4-5-12-26(24)33(30)22-9-2-1-3-10-22)32-25-18-16-21-14-13-19-7-6-8-20-15-17-23(25)28(21)27(19)20/h1-18,32H,(H,34,35). The lowest BCUT2D eigenvalue weighted by Gasteiger charge is -2.16. The van der Waals surface area contributed by atoms with E-state index >= 15 is 0 Å². The molecule has 0 fully saturated rings. The van der Waals surface area contributed by atoms with Crippen LogP contribution in [0.3, 0.4) is 0 Å². The molecule has 1 aromatic heterocycles. The minimum Gasteiger partial charge on any atom is -0.449 e. The van der Waals surface area contributed by atoms with Crippen LogP contribution in [0, 0.1) is 0 Å². The van der Waals surface area contributed by atoms with Crippen LogP contribution in [-0.4, -0.2) is 15.8 Å². The van der Waals surface area contributed by atoms with Crippen molar-refractivity contribution in [1.29, 1.82) is 0 Å². The Morgan fingerprint density at radius 2 is 1.33 bits per heavy atom. The lowest BCUT2D eigenvalue weighted by atomic mass is 9.93. The number of aromatic nitrogens is 1. The highest BCUT2D eigenvalue weighted by Crippen LogP contribution is 2.44. The van der Waals surface area contributed by atoms with Gasteiger partial charge in [-0.05, 0) is 51.2 Å². The molecule has 2 N–H and O–H groups in total. The third-order valence-electron chi connectivity index (χ3n) is 6.82. The first-order chi connectivity index (χ1) is 17.7. The van der Waals surface area contributed by atoms with Crippen molar-refractivity contribution in [2.24, 2.45) is 0 Å². The number of rotatable bonds is 4. The van der Waals surface area contributed by atoms with Gasteiger partial charge in [0, 0.05) is 22.1 Å². The van der Waals surface area contributed by atoms with E-state index in [0.717, 1.165) is 33.1 Å². The molecule has 36 heavy (non-hydrogen) atoms. The Morgan fingerprint density at radius 3 is 2.11 bits per heavy atom. The Morgan fingerprint density at radius 1 is 0.667 bits per heavy atom. The molecule has 0 spiro atoms. The minimum absolute atomic E-state index is 0.223. The van der Waals surface area contributed by atoms with Crippen LogP contribution >= 0.6 is 0 Å². The summed E-state index contributed by atoms with van der Waals surface area (Å²) in [6, 6.07) is 36.5. The molecule has 0 saturated carbocycles. The number of anilines is 2. The molecule has 172 valence electrons. The maximum Gasteiger partial charge on any atom is 0.512 e. The summed E-state index contributed by atoms with van der Waals surface area (Å²) < 4.78 is 7.27. The molecular weight excluding hydrogens is 448 g/mol. The largest absolute Gasteiger partial charge is 0.512 e. The summed E-state index contributed by atoms with van der Waals surface area (Å²) in [6.07, 6.45) is -1.37. The van der Waals surface area contributed by atoms with Crippen molar-refractivity contribution in [2.45, 2.75) is 0 Å². The van der Waals surface area contributed by atoms with Crippen LogP contribution in [0.1, 0.15) is 0 Å². The van der Waals surface area contributed by atoms with Crippen molar-refractivity contribution in [1.82, 2.24) is 4.57 Å². The van der Waals surface area contributed by atoms with Crippen LogP contribution in [0.4, 0.5) is 16.2 Å². The van der Waals surface area contributed by atoms with E-state index < -0.39 is 6.16 Å². The summed E-state index contributed by atoms with van der Waals surface area (Å²) in [5, 5.41) is 21.1. The van der Waals surface area contributed by atoms with Crippen LogP contribution < -0.4 is 10.1 Å². The van der Waals surface area contributed by atoms with E-state index in [9.17, 15) is 9.90 Å². The van der Waals surface area contributed by atoms with Gasteiger partial charge >= 0.3 is 6.16 Å². The van der Waals surface area contributed by atoms with Crippen molar-refractivity contribution in [3.63, 3.8) is 0 Å². The molecule has 0 aliphatic heterocycles. The van der Waals surface area contributed by atoms with Crippen molar-refractivity contribution in [2.75, 3.05) is 5.32 Å². The summed E-state index contributed by atoms with van der Waals surface area (Å²) >= 11 is 0. The molecule has 7 aromatic rings. The van der Waals surface area contributed by atoms with Gasteiger partial charge in [0.05, 0.1) is 5.52 Å². The number of hydrogen-bond acceptors (Lipinski definition) is 3. The highest BCUT2D eigenvalue weighted by atomic mass is 16.7. The van der Waals surface area contributed by atoms with Gasteiger partial charge in [0.2, 0.25) is 5.88 Å². The third kappa shape index (κ3) is 3.00. The maximum atomic E-state index is 11.8. The second kappa shape index (κ2) is 7.75. The average molecular weight is 469 g/mol. The number of carbonyl (C=O) groups is 1. The van der Waals surface area contributed by atoms with Crippen molar-refractivity contribution < 1.29 is 14.6 Å². The van der Waals surface area contributed by atoms with Gasteiger partial charge in [0.15, 0.2) is 0 Å². The monoisotopic (exact) mass is 468 g/mol. The summed E-state index contributed by atoms with van der Waals surface area (Å²) in [7, 11) is 0. The molecule has 0 aliphatic carbocycles. The summed E-state index contributed by atoms with van der Waals surface area (Å²) in [5.41, 5.74) is 3.15. The molecule has 5 nitrogen and oxygen atoms in total. The number of fused-ring (bicyclic) bond motifs is 1. The quantitative estimate of drug-likeness (QED) is 0.201. The number of carboxylic acid groups (broad SMARTS) is 1. The molecule has 5 heteroatoms. The Labute approximate surface area is 206 Å². The van der Waals surface area contributed by atoms with Crippen LogP contribution in [0.5, 0.6) is 5.88 Å². The van der Waals surface area contributed by atoms with Gasteiger partial charge < -0.3 is 15.2 Å². The molecule has 0 amide bonds. The van der Waals surface area contributed by atoms with E-state index in [4.69, 9.17) is 4.74 Å². The fourth-order valence-corrected chi connectivity index (χ4v) is 5.33. The van der Waals surface area contributed by atoms with Gasteiger partial charge in [-0.3, -0.25) is 4.57 Å². The molecule has 0 bridgehead atoms. The highest BCUT2D eigenvalue weighted by Gasteiger charge is 2.23. The highest BCUT2D eigenvalue weighted by molar-refractivity contribution is 6.25. The Bertz CT molecular complexity index is 1910. The number of benzene rings is 6. The van der Waals surface area contributed by atoms with E-state index in [-0.39, 0.29) is 5.88 Å². The number of nitrogens with one attached hydrogen (secondary N) is 1. The number of ether oxygens (including phenoxy) is 1. The molecular formula is C31H20N2O3. The molecule has 1 heterocycles. The van der Waals surface area contributed by atoms with Gasteiger partial charge in [-0.25, -0.2) is 4.79 Å². The van der Waals surface area contributed by atoms with Crippen LogP contribution in [0.15, 0.2) is 109 Å². The first kappa shape index (κ1) is 20.4. The SMILES string of the molecule is O=C(O)Oc1c(Nc2ccc3ccc4cccc5ccc2c3c45)c2ccccc2n1-c1ccccc1. The van der Waals surface area contributed by atoms with E-state index in [2.05, 4.69) is 53.8 Å². The van der Waals surface area contributed by atoms with Crippen LogP contribution in [-0.2, 0) is 0 Å². The van der Waals surface area contributed by atoms with Crippen molar-refractivity contribution in [3.8, 4) is 11.6 Å². The lowest BCUT2D eigenvalue weighted by Crippen LogP contribution is -2.09. The summed E-state index contributed by atoms with van der Waals surface area (Å²) in [4.78, 5) is 11.8. The Hall–Kier alpha value is -5.03. The number of nitrogens with zero attached hydrogens (tertiary/aromatic N) is 1. The van der Waals surface area contributed by atoms with E-state index in [1.54, 1.807) is 0 Å². The Balaban J connectivity index is 1.51. The van der Waals surface area contributed by atoms with Gasteiger partial charge in [0.1, 0.15) is 5.69 Å². The predicted molar refractivity (Wildman–Crippen MR) is 145 cm³/mol. The Kier molecular flexibility index (Phi) is 4.38. The van der Waals surface area contributed by atoms with Gasteiger partial charge in [-0.2, -0.15) is 0 Å². The van der Waals surface area contributed by atoms with E-state index in [1.165, 1.54) is 21.5 Å². The van der Waals surface area contributed by atoms with E-state index in [0.29, 0.717) is 5.69 Å². The maximum absolute atomic E-state index is 11.8. The minimum atomic E-state index is -1.37. The van der Waals surface area contributed by atoms with Crippen LogP contribution in [0.25, 0.3) is 48.9 Å². The normalized spacial score (nSPS) is 11.6. The molecule has 0 aliphatic rings. The van der Waals surface area contributed by atoms with E-state index in [1.807, 2.05) is 65.2 Å². The first-order valence-electron chi connectivity index (χ1n) is 11.7. The van der Waals surface area contributed by atoms with Gasteiger partial charge in [-0.15, -0.1) is 0 Å². The van der Waals surface area contributed by atoms with Crippen LogP contribution in [0.2, 0.25) is 0 Å². The fourth-order valence-electron chi connectivity index (χ4n) is 5.33. The van der Waals surface area contributed by atoms with Crippen molar-refractivity contribution in [3.05, 3.63) is 109 Å². The van der Waals surface area contributed by atoms with Crippen molar-refractivity contribution >= 4 is 60.8 Å². The average Bonchev–Trinajstić information content (AvgIpc) is 3.20. The van der Waals surface area contributed by atoms with Gasteiger partial charge in [-0.1, -0.05) is 84.9 Å². The zero-order valence-electron chi connectivity index (χ0n) is 19.1. The summed E-state index contributed by atoms with van der Waals surface area (Å²) in [5.74, 6) is 0.223. The molecule has 0 atom stereocenters. The van der Waals surface area contributed by atoms with Gasteiger partial charge in [0.25, 0.3) is 0 Å². The molecule has 0 radical (unpaired) electrons. The second-order valence-electron chi connectivity index (χ2n) is 8.83. The fraction of sp³-hybridized carbons (Fsp3) is 0. The second-order valence-corrected chi connectivity index (χ2v) is 8.83. The third-order valence-corrected chi connectivity index (χ3v) is 6.82. The predicted octanol–water partition coefficient (Wildman–Crippen LogP) is 8.33. The molecule has 7 rings (SSSR count). The molecule has 6 aromatic carbocycles. The zero-order chi connectivity index (χ0) is 24.2.